The molecule has 4 aromatic carbocycles. The van der Waals surface area contributed by atoms with Gasteiger partial charge in [-0.1, -0.05) is 86.6 Å². The first-order valence-corrected chi connectivity index (χ1v) is 31.8. The van der Waals surface area contributed by atoms with Crippen LogP contribution in [0.4, 0.5) is 0 Å². The number of hydrogen-bond acceptors (Lipinski definition) is 12. The highest BCUT2D eigenvalue weighted by molar-refractivity contribution is 5.99. The van der Waals surface area contributed by atoms with Crippen molar-refractivity contribution in [1.29, 1.82) is 10.8 Å². The van der Waals surface area contributed by atoms with Crippen LogP contribution in [0, 0.1) is 16.7 Å². The van der Waals surface area contributed by atoms with Crippen LogP contribution in [0.3, 0.4) is 0 Å². The molecule has 0 aliphatic rings. The van der Waals surface area contributed by atoms with Crippen LogP contribution in [0.5, 0.6) is 0 Å². The molecule has 508 valence electrons. The molecule has 29 heteroatoms. The highest BCUT2D eigenvalue weighted by atomic mass is 16.4. The number of guanidine groups is 2. The fraction of sp³-hybridized carbons (Fsp3) is 0.358. The summed E-state index contributed by atoms with van der Waals surface area (Å²) in [6.07, 6.45) is 6.00. The van der Waals surface area contributed by atoms with E-state index in [0.717, 1.165) is 27.3 Å². The second kappa shape index (κ2) is 33.6. The van der Waals surface area contributed by atoms with Crippen LogP contribution in [-0.4, -0.2) is 152 Å². The van der Waals surface area contributed by atoms with E-state index in [0.29, 0.717) is 45.0 Å². The fourth-order valence-corrected chi connectivity index (χ4v) is 11.6. The number of carbonyl (C=O) groups excluding carboxylic acids is 8. The third-order valence-corrected chi connectivity index (χ3v) is 16.5. The molecule has 0 bridgehead atoms. The maximum atomic E-state index is 15.4. The molecule has 8 amide bonds. The van der Waals surface area contributed by atoms with Gasteiger partial charge in [0, 0.05) is 114 Å². The van der Waals surface area contributed by atoms with Gasteiger partial charge in [-0.3, -0.25) is 49.2 Å². The van der Waals surface area contributed by atoms with Gasteiger partial charge in [0.2, 0.25) is 47.3 Å². The molecule has 0 saturated carbocycles. The number of hydrogen-bond donors (Lipinski definition) is 20. The van der Waals surface area contributed by atoms with Crippen molar-refractivity contribution in [2.75, 3.05) is 13.1 Å². The Morgan fingerprint density at radius 2 is 0.719 bits per heavy atom. The predicted octanol–water partition coefficient (Wildman–Crippen LogP) is 1.53. The summed E-state index contributed by atoms with van der Waals surface area (Å²) < 4.78 is 0. The van der Waals surface area contributed by atoms with Crippen LogP contribution in [0.25, 0.3) is 43.6 Å². The van der Waals surface area contributed by atoms with Crippen LogP contribution in [0.15, 0.2) is 122 Å². The van der Waals surface area contributed by atoms with Crippen molar-refractivity contribution < 1.29 is 48.3 Å². The van der Waals surface area contributed by atoms with Gasteiger partial charge in [-0.15, -0.1) is 0 Å². The first-order chi connectivity index (χ1) is 46.0. The van der Waals surface area contributed by atoms with Crippen molar-refractivity contribution in [2.45, 2.75) is 133 Å². The van der Waals surface area contributed by atoms with E-state index in [1.807, 2.05) is 98.8 Å². The Kier molecular flexibility index (Phi) is 24.7. The number of carbonyl (C=O) groups is 9. The number of H-pyrrole nitrogens is 4. The summed E-state index contributed by atoms with van der Waals surface area (Å²) >= 11 is 0. The minimum atomic E-state index is -1.50. The number of amides is 8. The van der Waals surface area contributed by atoms with E-state index in [1.165, 1.54) is 0 Å². The van der Waals surface area contributed by atoms with E-state index in [1.54, 1.807) is 36.9 Å². The van der Waals surface area contributed by atoms with E-state index in [4.69, 9.17) is 33.8 Å². The summed E-state index contributed by atoms with van der Waals surface area (Å²) in [4.78, 5) is 141. The molecular weight excluding hydrogens is 1230 g/mol. The topological polar surface area (TPSA) is 497 Å². The highest BCUT2D eigenvalue weighted by Crippen LogP contribution is 2.24. The molecule has 4 aromatic heterocycles. The number of aromatic amines is 4. The van der Waals surface area contributed by atoms with E-state index in [-0.39, 0.29) is 95.1 Å². The van der Waals surface area contributed by atoms with Crippen molar-refractivity contribution in [3.05, 3.63) is 144 Å². The van der Waals surface area contributed by atoms with Gasteiger partial charge in [-0.05, 0) is 91.0 Å². The second-order valence-corrected chi connectivity index (χ2v) is 24.2. The largest absolute Gasteiger partial charge is 0.480 e. The average molecular weight is 1320 g/mol. The van der Waals surface area contributed by atoms with E-state index in [9.17, 15) is 33.9 Å². The van der Waals surface area contributed by atoms with Gasteiger partial charge in [0.1, 0.15) is 42.3 Å². The molecule has 24 N–H and O–H groups in total. The number of para-hydroxylation sites is 4. The summed E-state index contributed by atoms with van der Waals surface area (Å²) in [5.41, 5.74) is 28.0. The predicted molar refractivity (Wildman–Crippen MR) is 363 cm³/mol. The molecule has 4 heterocycles. The van der Waals surface area contributed by atoms with Crippen LogP contribution in [-0.2, 0) is 68.8 Å². The number of carboxylic acid groups (broad SMARTS) is 1. The monoisotopic (exact) mass is 1320 g/mol. The summed E-state index contributed by atoms with van der Waals surface area (Å²) in [7, 11) is 0. The molecule has 0 aliphatic carbocycles. The zero-order chi connectivity index (χ0) is 69.0. The molecule has 0 radical (unpaired) electrons. The molecule has 96 heavy (non-hydrogen) atoms. The van der Waals surface area contributed by atoms with Gasteiger partial charge in [0.15, 0.2) is 11.9 Å². The number of rotatable bonds is 36. The standard InChI is InChI=1S/C67H85N19O10/c1-36(2)27-52(61(91)84-55(30-39-34-78-48-20-9-5-15-43(39)48)64(94)86-56(65(95)96)31-40-35-79-49-21-10-6-16-44(40)49)82-62(92)54(29-38-33-77-47-19-8-4-14-42(38)47)85-63(93)53(28-37-32-76-46-18-7-3-13-41(37)46)83-59(89)50(22-12-26-75-67(72)73)81-60(90)51(23-24-57(69)87)80-58(88)45(68)17-11-25-74-66(70)71/h3-10,13-16,18-21,32-36,45,50-56,76-79H,11-12,17,22-31,68H2,1-2H3,(H2,69,87)(H,80,88)(H,81,90)(H,82,92)(H,83,89)(H,84,91)(H,85,93)(H,86,94)(H,95,96)(H4,70,71,74)(H4,72,73,75)/t45-,50-,51+,52+,53+,54-,55-,56+/m1/s1. The third-order valence-electron chi connectivity index (χ3n) is 16.5. The van der Waals surface area contributed by atoms with Crippen molar-refractivity contribution in [2.24, 2.45) is 28.9 Å². The lowest BCUT2D eigenvalue weighted by atomic mass is 9.98. The van der Waals surface area contributed by atoms with Gasteiger partial charge in [-0.25, -0.2) is 4.79 Å². The number of aromatic nitrogens is 4. The fourth-order valence-electron chi connectivity index (χ4n) is 11.6. The third kappa shape index (κ3) is 19.7. The number of fused-ring (bicyclic) bond motifs is 4. The minimum absolute atomic E-state index is 0.0269. The number of nitrogens with one attached hydrogen (secondary N) is 15. The van der Waals surface area contributed by atoms with Gasteiger partial charge in [0.25, 0.3) is 0 Å². The Bertz CT molecular complexity index is 4100. The molecule has 8 atom stereocenters. The number of benzene rings is 4. The molecule has 0 fully saturated rings. The van der Waals surface area contributed by atoms with E-state index < -0.39 is 102 Å². The molecule has 8 aromatic rings. The minimum Gasteiger partial charge on any atom is -0.480 e. The molecule has 0 unspecified atom stereocenters. The lowest BCUT2D eigenvalue weighted by Crippen LogP contribution is -2.61. The van der Waals surface area contributed by atoms with Crippen molar-refractivity contribution in [3.8, 4) is 0 Å². The number of nitrogens with two attached hydrogens (primary N) is 4. The Morgan fingerprint density at radius 3 is 1.08 bits per heavy atom. The molecule has 0 spiro atoms. The van der Waals surface area contributed by atoms with Gasteiger partial charge in [-0.2, -0.15) is 0 Å². The van der Waals surface area contributed by atoms with E-state index >= 15 is 14.4 Å². The van der Waals surface area contributed by atoms with Gasteiger partial charge >= 0.3 is 5.97 Å². The Labute approximate surface area is 552 Å². The van der Waals surface area contributed by atoms with Crippen LogP contribution in [0.2, 0.25) is 0 Å². The number of carboxylic acids is 1. The quantitative estimate of drug-likeness (QED) is 0.0150. The summed E-state index contributed by atoms with van der Waals surface area (Å²) in [6.45, 7) is 3.96. The Morgan fingerprint density at radius 1 is 0.417 bits per heavy atom. The summed E-state index contributed by atoms with van der Waals surface area (Å²) in [6, 6.07) is 18.0. The normalized spacial score (nSPS) is 13.9. The Balaban J connectivity index is 1.09. The maximum Gasteiger partial charge on any atom is 0.326 e. The number of aliphatic carboxylic acids is 1. The van der Waals surface area contributed by atoms with Crippen molar-refractivity contribution >= 4 is 109 Å². The molecule has 29 nitrogen and oxygen atoms in total. The molecule has 0 saturated heterocycles. The van der Waals surface area contributed by atoms with Crippen molar-refractivity contribution in [1.82, 2.24) is 67.8 Å². The number of primary amides is 1. The lowest BCUT2D eigenvalue weighted by molar-refractivity contribution is -0.142. The highest BCUT2D eigenvalue weighted by Gasteiger charge is 2.36. The second-order valence-electron chi connectivity index (χ2n) is 24.2. The van der Waals surface area contributed by atoms with Crippen LogP contribution in [0.1, 0.15) is 81.0 Å². The molecular formula is C67H85N19O10. The zero-order valence-electron chi connectivity index (χ0n) is 53.4. The smallest absolute Gasteiger partial charge is 0.326 e. The first kappa shape index (κ1) is 70.6. The maximum absolute atomic E-state index is 15.4. The lowest BCUT2D eigenvalue weighted by Gasteiger charge is -2.28. The average Bonchev–Trinajstić information content (AvgIpc) is 1.66. The van der Waals surface area contributed by atoms with Gasteiger partial charge < -0.3 is 95.8 Å². The van der Waals surface area contributed by atoms with Gasteiger partial charge in [0.05, 0.1) is 6.04 Å². The first-order valence-electron chi connectivity index (χ1n) is 31.8. The molecule has 0 aliphatic heterocycles. The summed E-state index contributed by atoms with van der Waals surface area (Å²) in [5.74, 6) is -8.82. The zero-order valence-corrected chi connectivity index (χ0v) is 53.4. The molecule has 8 rings (SSSR count). The van der Waals surface area contributed by atoms with Crippen LogP contribution < -0.4 is 70.8 Å². The summed E-state index contributed by atoms with van der Waals surface area (Å²) in [5, 5.41) is 53.2. The van der Waals surface area contributed by atoms with E-state index in [2.05, 4.69) is 67.8 Å². The van der Waals surface area contributed by atoms with Crippen molar-refractivity contribution in [3.63, 3.8) is 0 Å². The SMILES string of the molecule is CC(C)C[C@H](NC(=O)[C@@H](Cc1c[nH]c2ccccc12)NC(=O)[C@H](Cc1c[nH]c2ccccc12)NC(=O)[C@@H](CCCNC(=N)N)NC(=O)[C@H](CCC(N)=O)NC(=O)[C@H](N)CCCNC(=N)N)C(=O)N[C@H](Cc1c[nH]c2ccccc12)C(=O)N[C@@H](Cc1c[nH]c2ccccc12)C(=O)O. The van der Waals surface area contributed by atoms with Crippen LogP contribution >= 0.6 is 0 Å². The Hall–Kier alpha value is -11.2.